The molecule has 0 aliphatic heterocycles. The third-order valence-corrected chi connectivity index (χ3v) is 4.27. The molecule has 0 saturated carbocycles. The van der Waals surface area contributed by atoms with E-state index < -0.39 is 43.8 Å². The molecule has 0 spiro atoms. The summed E-state index contributed by atoms with van der Waals surface area (Å²) >= 11 is 0. The number of sulfonamides is 1. The first kappa shape index (κ1) is 16.7. The number of nitro benzene ring substituents is 1. The molecule has 0 aliphatic rings. The minimum absolute atomic E-state index is 0.103. The molecule has 0 amide bonds. The first-order chi connectivity index (χ1) is 10.6. The summed E-state index contributed by atoms with van der Waals surface area (Å²) in [5.41, 5.74) is -1.76. The highest BCUT2D eigenvalue weighted by Crippen LogP contribution is 2.32. The molecule has 0 saturated heterocycles. The van der Waals surface area contributed by atoms with Gasteiger partial charge in [0.2, 0.25) is 0 Å². The molecule has 2 aromatic rings. The Hall–Kier alpha value is -2.62. The van der Waals surface area contributed by atoms with Crippen LogP contribution in [0.1, 0.15) is 5.56 Å². The Morgan fingerprint density at radius 2 is 1.65 bits per heavy atom. The van der Waals surface area contributed by atoms with Gasteiger partial charge in [-0.2, -0.15) is 0 Å². The maximum Gasteiger partial charge on any atom is 0.299 e. The Labute approximate surface area is 128 Å². The minimum Gasteiger partial charge on any atom is -0.270 e. The zero-order valence-electron chi connectivity index (χ0n) is 11.5. The van der Waals surface area contributed by atoms with Crippen LogP contribution in [0.2, 0.25) is 0 Å². The molecule has 0 fully saturated rings. The molecule has 0 aliphatic carbocycles. The lowest BCUT2D eigenvalue weighted by atomic mass is 10.2. The molecular weight excluding hydrogens is 337 g/mol. The Kier molecular flexibility index (Phi) is 4.28. The summed E-state index contributed by atoms with van der Waals surface area (Å²) in [6.45, 7) is 1.70. The van der Waals surface area contributed by atoms with E-state index in [-0.39, 0.29) is 11.0 Å². The number of hydrogen-bond donors (Lipinski definition) is 1. The smallest absolute Gasteiger partial charge is 0.270 e. The Morgan fingerprint density at radius 1 is 1.09 bits per heavy atom. The van der Waals surface area contributed by atoms with E-state index in [1.54, 1.807) is 11.6 Å². The van der Waals surface area contributed by atoms with Gasteiger partial charge in [0.05, 0.1) is 15.9 Å². The third-order valence-electron chi connectivity index (χ3n) is 2.91. The first-order valence-electron chi connectivity index (χ1n) is 6.05. The van der Waals surface area contributed by atoms with E-state index in [4.69, 9.17) is 0 Å². The highest BCUT2D eigenvalue weighted by molar-refractivity contribution is 7.92. The molecule has 0 heterocycles. The lowest BCUT2D eigenvalue weighted by molar-refractivity contribution is -0.384. The van der Waals surface area contributed by atoms with Crippen molar-refractivity contribution in [2.45, 2.75) is 11.8 Å². The predicted molar refractivity (Wildman–Crippen MR) is 75.0 cm³/mol. The van der Waals surface area contributed by atoms with Crippen LogP contribution in [0.25, 0.3) is 0 Å². The number of rotatable bonds is 4. The minimum atomic E-state index is -4.42. The van der Waals surface area contributed by atoms with Gasteiger partial charge in [-0.3, -0.25) is 14.8 Å². The van der Waals surface area contributed by atoms with Crippen LogP contribution in [0.15, 0.2) is 35.2 Å². The van der Waals surface area contributed by atoms with Crippen LogP contribution in [0.4, 0.5) is 24.5 Å². The fraction of sp³-hybridized carbons (Fsp3) is 0.0769. The molecule has 0 atom stereocenters. The van der Waals surface area contributed by atoms with Crippen LogP contribution in [-0.2, 0) is 10.0 Å². The average molecular weight is 346 g/mol. The van der Waals surface area contributed by atoms with E-state index in [0.29, 0.717) is 0 Å². The molecule has 0 aromatic heterocycles. The van der Waals surface area contributed by atoms with Gasteiger partial charge in [-0.05, 0) is 19.1 Å². The quantitative estimate of drug-likeness (QED) is 0.523. The van der Waals surface area contributed by atoms with Crippen molar-refractivity contribution in [3.05, 3.63) is 63.5 Å². The fourth-order valence-corrected chi connectivity index (χ4v) is 2.81. The SMILES string of the molecule is Cc1ccc(S(=O)(=O)Nc2c([N+](=O)[O-])cc(F)c(F)c2F)cc1. The van der Waals surface area contributed by atoms with Crippen molar-refractivity contribution in [1.29, 1.82) is 0 Å². The maximum atomic E-state index is 13.7. The second-order valence-corrected chi connectivity index (χ2v) is 6.24. The van der Waals surface area contributed by atoms with Crippen LogP contribution in [0.3, 0.4) is 0 Å². The van der Waals surface area contributed by atoms with E-state index >= 15 is 0 Å². The summed E-state index contributed by atoms with van der Waals surface area (Å²) in [6, 6.07) is 5.36. The van der Waals surface area contributed by atoms with E-state index in [0.717, 1.165) is 5.56 Å². The van der Waals surface area contributed by atoms with Crippen LogP contribution >= 0.6 is 0 Å². The topological polar surface area (TPSA) is 89.3 Å². The van der Waals surface area contributed by atoms with Crippen LogP contribution in [0.5, 0.6) is 0 Å². The Bertz CT molecular complexity index is 883. The summed E-state index contributed by atoms with van der Waals surface area (Å²) in [5, 5.41) is 10.8. The number of anilines is 1. The largest absolute Gasteiger partial charge is 0.299 e. The van der Waals surface area contributed by atoms with E-state index in [1.807, 2.05) is 0 Å². The van der Waals surface area contributed by atoms with Crippen molar-refractivity contribution >= 4 is 21.4 Å². The number of hydrogen-bond acceptors (Lipinski definition) is 4. The molecular formula is C13H9F3N2O4S. The molecule has 23 heavy (non-hydrogen) atoms. The molecule has 2 rings (SSSR count). The zero-order chi connectivity index (χ0) is 17.4. The third kappa shape index (κ3) is 3.26. The second kappa shape index (κ2) is 5.88. The fourth-order valence-electron chi connectivity index (χ4n) is 1.73. The monoisotopic (exact) mass is 346 g/mol. The molecule has 0 unspecified atom stereocenters. The maximum absolute atomic E-state index is 13.7. The van der Waals surface area contributed by atoms with Crippen molar-refractivity contribution in [3.8, 4) is 0 Å². The summed E-state index contributed by atoms with van der Waals surface area (Å²) in [7, 11) is -4.42. The van der Waals surface area contributed by atoms with Gasteiger partial charge >= 0.3 is 0 Å². The van der Waals surface area contributed by atoms with Gasteiger partial charge in [0.15, 0.2) is 23.1 Å². The number of nitrogens with zero attached hydrogens (tertiary/aromatic N) is 1. The molecule has 0 radical (unpaired) electrons. The molecule has 1 N–H and O–H groups in total. The van der Waals surface area contributed by atoms with Crippen LogP contribution in [0, 0.1) is 34.5 Å². The number of nitrogens with one attached hydrogen (secondary N) is 1. The molecule has 6 nitrogen and oxygen atoms in total. The molecule has 10 heteroatoms. The summed E-state index contributed by atoms with van der Waals surface area (Å²) in [6.07, 6.45) is 0. The van der Waals surface area contributed by atoms with Crippen molar-refractivity contribution in [2.24, 2.45) is 0 Å². The van der Waals surface area contributed by atoms with Crippen molar-refractivity contribution < 1.29 is 26.5 Å². The summed E-state index contributed by atoms with van der Waals surface area (Å²) in [4.78, 5) is 9.28. The zero-order valence-corrected chi connectivity index (χ0v) is 12.3. The normalized spacial score (nSPS) is 11.3. The standard InChI is InChI=1S/C13H9F3N2O4S/c1-7-2-4-8(5-3-7)23(21,22)17-13-10(18(19)20)6-9(14)11(15)12(13)16/h2-6,17H,1H3. The van der Waals surface area contributed by atoms with Gasteiger partial charge in [-0.1, -0.05) is 17.7 Å². The van der Waals surface area contributed by atoms with Gasteiger partial charge in [0, 0.05) is 0 Å². The highest BCUT2D eigenvalue weighted by Gasteiger charge is 2.29. The molecule has 0 bridgehead atoms. The van der Waals surface area contributed by atoms with Gasteiger partial charge < -0.3 is 0 Å². The lowest BCUT2D eigenvalue weighted by Crippen LogP contribution is -2.16. The van der Waals surface area contributed by atoms with Crippen molar-refractivity contribution in [2.75, 3.05) is 4.72 Å². The average Bonchev–Trinajstić information content (AvgIpc) is 2.47. The van der Waals surface area contributed by atoms with E-state index in [9.17, 15) is 31.7 Å². The highest BCUT2D eigenvalue weighted by atomic mass is 32.2. The second-order valence-electron chi connectivity index (χ2n) is 4.56. The van der Waals surface area contributed by atoms with E-state index in [2.05, 4.69) is 0 Å². The molecule has 2 aromatic carbocycles. The summed E-state index contributed by atoms with van der Waals surface area (Å²) < 4.78 is 65.9. The number of nitro groups is 1. The van der Waals surface area contributed by atoms with Gasteiger partial charge in [0.25, 0.3) is 15.7 Å². The van der Waals surface area contributed by atoms with Crippen molar-refractivity contribution in [3.63, 3.8) is 0 Å². The van der Waals surface area contributed by atoms with Gasteiger partial charge in [-0.25, -0.2) is 21.6 Å². The number of aryl methyl sites for hydroxylation is 1. The molecule has 122 valence electrons. The van der Waals surface area contributed by atoms with E-state index in [1.165, 1.54) is 24.3 Å². The van der Waals surface area contributed by atoms with Crippen LogP contribution in [-0.4, -0.2) is 13.3 Å². The van der Waals surface area contributed by atoms with Gasteiger partial charge in [0.1, 0.15) is 0 Å². The van der Waals surface area contributed by atoms with Gasteiger partial charge in [-0.15, -0.1) is 0 Å². The predicted octanol–water partition coefficient (Wildman–Crippen LogP) is 3.12. The first-order valence-corrected chi connectivity index (χ1v) is 7.53. The van der Waals surface area contributed by atoms with Crippen LogP contribution < -0.4 is 4.72 Å². The number of benzene rings is 2. The summed E-state index contributed by atoms with van der Waals surface area (Å²) in [5.74, 6) is -5.81. The Balaban J connectivity index is 2.57. The Morgan fingerprint density at radius 3 is 2.17 bits per heavy atom. The number of halogens is 3. The van der Waals surface area contributed by atoms with Crippen molar-refractivity contribution in [1.82, 2.24) is 0 Å². The lowest BCUT2D eigenvalue weighted by Gasteiger charge is -2.10.